The molecule has 1 heterocycles. The van der Waals surface area contributed by atoms with Gasteiger partial charge in [0, 0.05) is 17.6 Å². The summed E-state index contributed by atoms with van der Waals surface area (Å²) in [5.74, 6) is 0.201. The fourth-order valence-corrected chi connectivity index (χ4v) is 5.92. The lowest BCUT2D eigenvalue weighted by atomic mass is 10.1. The van der Waals surface area contributed by atoms with Gasteiger partial charge in [-0.05, 0) is 66.0 Å². The molecule has 182 valence electrons. The maximum absolute atomic E-state index is 13.2. The van der Waals surface area contributed by atoms with Crippen molar-refractivity contribution in [2.45, 2.75) is 11.3 Å². The van der Waals surface area contributed by atoms with Crippen LogP contribution in [0.2, 0.25) is 0 Å². The lowest BCUT2D eigenvalue weighted by Crippen LogP contribution is -2.37. The Kier molecular flexibility index (Phi) is 6.58. The SMILES string of the molecule is O=C(COc1cccc2ccccc12)NC(=S)Nc1ccc(S(=O)(=O)N2CCc3ccccc32)cc1. The van der Waals surface area contributed by atoms with Crippen LogP contribution < -0.4 is 19.7 Å². The average Bonchev–Trinajstić information content (AvgIpc) is 3.33. The van der Waals surface area contributed by atoms with Crippen molar-refractivity contribution in [2.75, 3.05) is 22.8 Å². The molecule has 0 atom stereocenters. The van der Waals surface area contributed by atoms with Crippen molar-refractivity contribution in [3.63, 3.8) is 0 Å². The van der Waals surface area contributed by atoms with Gasteiger partial charge in [0.15, 0.2) is 11.7 Å². The molecule has 0 saturated carbocycles. The highest BCUT2D eigenvalue weighted by Crippen LogP contribution is 2.33. The van der Waals surface area contributed by atoms with E-state index < -0.39 is 15.9 Å². The number of thiocarbonyl (C=S) groups is 1. The van der Waals surface area contributed by atoms with Crippen LogP contribution in [0.15, 0.2) is 95.9 Å². The Morgan fingerprint density at radius 2 is 1.64 bits per heavy atom. The number of amides is 1. The van der Waals surface area contributed by atoms with Crippen molar-refractivity contribution in [2.24, 2.45) is 0 Å². The van der Waals surface area contributed by atoms with E-state index >= 15 is 0 Å². The molecule has 7 nitrogen and oxygen atoms in total. The second kappa shape index (κ2) is 9.96. The first-order valence-corrected chi connectivity index (χ1v) is 13.2. The second-order valence-electron chi connectivity index (χ2n) is 8.25. The van der Waals surface area contributed by atoms with Crippen LogP contribution in [0.3, 0.4) is 0 Å². The molecule has 9 heteroatoms. The summed E-state index contributed by atoms with van der Waals surface area (Å²) in [6, 6.07) is 27.2. The van der Waals surface area contributed by atoms with Gasteiger partial charge in [-0.1, -0.05) is 54.6 Å². The van der Waals surface area contributed by atoms with Gasteiger partial charge in [0.25, 0.3) is 15.9 Å². The second-order valence-corrected chi connectivity index (χ2v) is 10.5. The van der Waals surface area contributed by atoms with E-state index in [1.165, 1.54) is 16.4 Å². The summed E-state index contributed by atoms with van der Waals surface area (Å²) in [6.45, 7) is 0.211. The molecule has 36 heavy (non-hydrogen) atoms. The van der Waals surface area contributed by atoms with Crippen LogP contribution in [-0.4, -0.2) is 32.6 Å². The predicted octanol–water partition coefficient (Wildman–Crippen LogP) is 4.48. The summed E-state index contributed by atoms with van der Waals surface area (Å²) in [5, 5.41) is 7.50. The predicted molar refractivity (Wildman–Crippen MR) is 145 cm³/mol. The standard InChI is InChI=1S/C27H23N3O4S2/c31-26(18-34-25-11-5-8-19-6-1-3-9-23(19)25)29-27(35)28-21-12-14-22(15-13-21)36(32,33)30-17-16-20-7-2-4-10-24(20)30/h1-15H,16-18H2,(H2,28,29,31,35). The molecule has 0 bridgehead atoms. The molecule has 1 amide bonds. The quantitative estimate of drug-likeness (QED) is 0.367. The van der Waals surface area contributed by atoms with Crippen molar-refractivity contribution >= 4 is 55.4 Å². The number of ether oxygens (including phenoxy) is 1. The number of hydrogen-bond acceptors (Lipinski definition) is 5. The van der Waals surface area contributed by atoms with Crippen LogP contribution in [0, 0.1) is 0 Å². The highest BCUT2D eigenvalue weighted by molar-refractivity contribution is 7.92. The van der Waals surface area contributed by atoms with E-state index in [0.29, 0.717) is 30.1 Å². The number of nitrogens with one attached hydrogen (secondary N) is 2. The van der Waals surface area contributed by atoms with Gasteiger partial charge in [-0.25, -0.2) is 8.42 Å². The Morgan fingerprint density at radius 3 is 2.47 bits per heavy atom. The Bertz CT molecular complexity index is 1550. The summed E-state index contributed by atoms with van der Waals surface area (Å²) < 4.78 is 33.4. The molecule has 4 aromatic rings. The van der Waals surface area contributed by atoms with Gasteiger partial charge in [-0.3, -0.25) is 14.4 Å². The largest absolute Gasteiger partial charge is 0.483 e. The molecule has 0 radical (unpaired) electrons. The summed E-state index contributed by atoms with van der Waals surface area (Å²) >= 11 is 5.23. The van der Waals surface area contributed by atoms with Crippen molar-refractivity contribution in [1.82, 2.24) is 5.32 Å². The Morgan fingerprint density at radius 1 is 0.917 bits per heavy atom. The number of para-hydroxylation sites is 1. The average molecular weight is 518 g/mol. The first kappa shape index (κ1) is 23.8. The third-order valence-electron chi connectivity index (χ3n) is 5.91. The minimum atomic E-state index is -3.68. The van der Waals surface area contributed by atoms with E-state index in [1.54, 1.807) is 12.1 Å². The number of anilines is 2. The molecular weight excluding hydrogens is 494 g/mol. The van der Waals surface area contributed by atoms with Crippen molar-refractivity contribution in [1.29, 1.82) is 0 Å². The van der Waals surface area contributed by atoms with Gasteiger partial charge in [-0.2, -0.15) is 0 Å². The van der Waals surface area contributed by atoms with Gasteiger partial charge in [0.2, 0.25) is 0 Å². The summed E-state index contributed by atoms with van der Waals surface area (Å²) in [5.41, 5.74) is 2.29. The number of nitrogens with zero attached hydrogens (tertiary/aromatic N) is 1. The normalized spacial score (nSPS) is 12.7. The number of carbonyl (C=O) groups excluding carboxylic acids is 1. The molecule has 4 aromatic carbocycles. The van der Waals surface area contributed by atoms with Crippen molar-refractivity contribution < 1.29 is 17.9 Å². The summed E-state index contributed by atoms with van der Waals surface area (Å²) in [6.07, 6.45) is 0.688. The maximum atomic E-state index is 13.2. The van der Waals surface area contributed by atoms with Crippen LogP contribution >= 0.6 is 12.2 Å². The minimum Gasteiger partial charge on any atom is -0.483 e. The number of hydrogen-bond donors (Lipinski definition) is 2. The van der Waals surface area contributed by atoms with Crippen molar-refractivity contribution in [3.05, 3.63) is 96.6 Å². The summed E-state index contributed by atoms with van der Waals surface area (Å²) in [7, 11) is -3.68. The molecule has 0 unspecified atom stereocenters. The van der Waals surface area contributed by atoms with Gasteiger partial charge >= 0.3 is 0 Å². The lowest BCUT2D eigenvalue weighted by Gasteiger charge is -2.19. The minimum absolute atomic E-state index is 0.0885. The van der Waals surface area contributed by atoms with Crippen LogP contribution in [0.1, 0.15) is 5.56 Å². The monoisotopic (exact) mass is 517 g/mol. The maximum Gasteiger partial charge on any atom is 0.264 e. The Hall–Kier alpha value is -3.95. The molecule has 0 aliphatic carbocycles. The molecular formula is C27H23N3O4S2. The van der Waals surface area contributed by atoms with Crippen LogP contribution in [0.4, 0.5) is 11.4 Å². The summed E-state index contributed by atoms with van der Waals surface area (Å²) in [4.78, 5) is 12.5. The molecule has 1 aliphatic rings. The first-order valence-electron chi connectivity index (χ1n) is 11.3. The zero-order chi connectivity index (χ0) is 25.1. The Labute approximate surface area is 214 Å². The topological polar surface area (TPSA) is 87.7 Å². The van der Waals surface area contributed by atoms with E-state index in [9.17, 15) is 13.2 Å². The number of fused-ring (bicyclic) bond motifs is 2. The van der Waals surface area contributed by atoms with E-state index in [2.05, 4.69) is 10.6 Å². The van der Waals surface area contributed by atoms with Gasteiger partial charge in [0.05, 0.1) is 10.6 Å². The van der Waals surface area contributed by atoms with Crippen LogP contribution in [0.5, 0.6) is 5.75 Å². The van der Waals surface area contributed by atoms with Crippen molar-refractivity contribution in [3.8, 4) is 5.75 Å². The number of benzene rings is 4. The van der Waals surface area contributed by atoms with Crippen LogP contribution in [0.25, 0.3) is 10.8 Å². The molecule has 5 rings (SSSR count). The third kappa shape index (κ3) is 4.89. The molecule has 0 spiro atoms. The number of sulfonamides is 1. The zero-order valence-corrected chi connectivity index (χ0v) is 20.8. The highest BCUT2D eigenvalue weighted by atomic mass is 32.2. The lowest BCUT2D eigenvalue weighted by molar-refractivity contribution is -0.121. The fraction of sp³-hybridized carbons (Fsp3) is 0.111. The molecule has 2 N–H and O–H groups in total. The van der Waals surface area contributed by atoms with E-state index in [4.69, 9.17) is 17.0 Å². The zero-order valence-electron chi connectivity index (χ0n) is 19.2. The van der Waals surface area contributed by atoms with Gasteiger partial charge in [-0.15, -0.1) is 0 Å². The first-order chi connectivity index (χ1) is 17.4. The molecule has 0 fully saturated rings. The third-order valence-corrected chi connectivity index (χ3v) is 7.94. The number of rotatable bonds is 6. The van der Waals surface area contributed by atoms with Gasteiger partial charge in [0.1, 0.15) is 5.75 Å². The highest BCUT2D eigenvalue weighted by Gasteiger charge is 2.30. The molecule has 1 aliphatic heterocycles. The van der Waals surface area contributed by atoms with Crippen LogP contribution in [-0.2, 0) is 21.2 Å². The van der Waals surface area contributed by atoms with E-state index in [1.807, 2.05) is 66.7 Å². The molecule has 0 saturated heterocycles. The van der Waals surface area contributed by atoms with Gasteiger partial charge < -0.3 is 10.1 Å². The fourth-order valence-electron chi connectivity index (χ4n) is 4.19. The smallest absolute Gasteiger partial charge is 0.264 e. The number of carbonyl (C=O) groups is 1. The van der Waals surface area contributed by atoms with E-state index in [-0.39, 0.29) is 16.6 Å². The Balaban J connectivity index is 1.18. The molecule has 0 aromatic heterocycles. The van der Waals surface area contributed by atoms with E-state index in [0.717, 1.165) is 16.3 Å².